The van der Waals surface area contributed by atoms with Crippen LogP contribution in [0.4, 0.5) is 0 Å². The van der Waals surface area contributed by atoms with Crippen molar-refractivity contribution in [3.8, 4) is 0 Å². The maximum atomic E-state index is 8.96. The molecule has 0 aromatic rings. The average molecular weight is 428 g/mol. The molecule has 0 saturated carbocycles. The number of nitrogens with zero attached hydrogens (tertiary/aromatic N) is 3. The van der Waals surface area contributed by atoms with Gasteiger partial charge in [0.05, 0.1) is 13.2 Å². The lowest BCUT2D eigenvalue weighted by Gasteiger charge is -2.33. The van der Waals surface area contributed by atoms with Crippen LogP contribution in [0, 0.1) is 17.8 Å². The Labute approximate surface area is 185 Å². The van der Waals surface area contributed by atoms with Gasteiger partial charge in [-0.3, -0.25) is 0 Å². The van der Waals surface area contributed by atoms with E-state index in [9.17, 15) is 0 Å². The fourth-order valence-corrected chi connectivity index (χ4v) is 5.40. The Bertz CT molecular complexity index is 385. The van der Waals surface area contributed by atoms with E-state index in [-0.39, 0.29) is 0 Å². The van der Waals surface area contributed by atoms with Gasteiger partial charge in [0.25, 0.3) is 0 Å². The highest BCUT2D eigenvalue weighted by atomic mass is 16.3. The van der Waals surface area contributed by atoms with E-state index >= 15 is 0 Å². The molecule has 1 unspecified atom stereocenters. The first-order valence-corrected chi connectivity index (χ1v) is 12.6. The Morgan fingerprint density at radius 2 is 1.17 bits per heavy atom. The van der Waals surface area contributed by atoms with Gasteiger partial charge >= 0.3 is 0 Å². The van der Waals surface area contributed by atoms with Gasteiger partial charge in [-0.1, -0.05) is 19.3 Å². The Kier molecular flexibility index (Phi) is 13.5. The van der Waals surface area contributed by atoms with E-state index in [0.29, 0.717) is 25.7 Å². The molecule has 3 heterocycles. The Balaban J connectivity index is 0.000000297. The predicted octanol–water partition coefficient (Wildman–Crippen LogP) is 1.89. The van der Waals surface area contributed by atoms with Crippen molar-refractivity contribution in [3.05, 3.63) is 0 Å². The van der Waals surface area contributed by atoms with Gasteiger partial charge in [0, 0.05) is 26.2 Å². The molecule has 0 bridgehead atoms. The molecule has 0 radical (unpaired) electrons. The van der Waals surface area contributed by atoms with Crippen LogP contribution in [0.3, 0.4) is 0 Å². The second kappa shape index (κ2) is 15.5. The molecule has 178 valence electrons. The molecule has 3 aliphatic heterocycles. The van der Waals surface area contributed by atoms with E-state index in [4.69, 9.17) is 15.3 Å². The Morgan fingerprint density at radius 3 is 1.53 bits per heavy atom. The van der Waals surface area contributed by atoms with Crippen molar-refractivity contribution < 1.29 is 15.3 Å². The third-order valence-corrected chi connectivity index (χ3v) is 7.45. The van der Waals surface area contributed by atoms with Gasteiger partial charge in [0.2, 0.25) is 0 Å². The molecule has 1 atom stereocenters. The summed E-state index contributed by atoms with van der Waals surface area (Å²) in [6.07, 6.45) is 12.0. The van der Waals surface area contributed by atoms with Crippen molar-refractivity contribution in [1.82, 2.24) is 14.7 Å². The number of aliphatic hydroxyl groups excluding tert-OH is 3. The summed E-state index contributed by atoms with van der Waals surface area (Å²) in [6, 6.07) is 0. The van der Waals surface area contributed by atoms with Crippen molar-refractivity contribution in [3.63, 3.8) is 0 Å². The van der Waals surface area contributed by atoms with Crippen LogP contribution in [0.1, 0.15) is 57.8 Å². The molecule has 0 spiro atoms. The standard InChI is InChI=1S/C17H34N2O2.C7H15NO/c20-14-12-18-8-4-16(5-9-18)2-1-3-17-6-10-19(11-7-17)13-15-21;1-8-4-2-3-7(5-8)6-9/h16-17,20-21H,1-15H2;7,9H,2-6H2,1H3. The third-order valence-electron chi connectivity index (χ3n) is 7.45. The zero-order valence-electron chi connectivity index (χ0n) is 19.6. The van der Waals surface area contributed by atoms with E-state index in [1.165, 1.54) is 90.5 Å². The molecule has 3 aliphatic rings. The second-order valence-electron chi connectivity index (χ2n) is 9.90. The van der Waals surface area contributed by atoms with Crippen LogP contribution in [0.25, 0.3) is 0 Å². The van der Waals surface area contributed by atoms with Gasteiger partial charge in [0.1, 0.15) is 0 Å². The number of aliphatic hydroxyl groups is 3. The van der Waals surface area contributed by atoms with Crippen molar-refractivity contribution in [2.45, 2.75) is 57.8 Å². The average Bonchev–Trinajstić information content (AvgIpc) is 2.77. The highest BCUT2D eigenvalue weighted by molar-refractivity contribution is 4.75. The lowest BCUT2D eigenvalue weighted by Crippen LogP contribution is -2.36. The molecular weight excluding hydrogens is 378 g/mol. The van der Waals surface area contributed by atoms with Gasteiger partial charge in [0.15, 0.2) is 0 Å². The number of hydrogen-bond acceptors (Lipinski definition) is 6. The van der Waals surface area contributed by atoms with Crippen LogP contribution in [-0.4, -0.2) is 109 Å². The fourth-order valence-electron chi connectivity index (χ4n) is 5.40. The van der Waals surface area contributed by atoms with Crippen LogP contribution in [0.15, 0.2) is 0 Å². The topological polar surface area (TPSA) is 70.4 Å². The smallest absolute Gasteiger partial charge is 0.0558 e. The molecule has 3 N–H and O–H groups in total. The second-order valence-corrected chi connectivity index (χ2v) is 9.90. The van der Waals surface area contributed by atoms with E-state index in [1.807, 2.05) is 0 Å². The van der Waals surface area contributed by atoms with Gasteiger partial charge in [-0.15, -0.1) is 0 Å². The molecule has 3 fully saturated rings. The first-order chi connectivity index (χ1) is 14.6. The van der Waals surface area contributed by atoms with Gasteiger partial charge < -0.3 is 30.0 Å². The quantitative estimate of drug-likeness (QED) is 0.522. The summed E-state index contributed by atoms with van der Waals surface area (Å²) in [5.41, 5.74) is 0. The SMILES string of the molecule is CN1CCCC(CO)C1.OCCN1CCC(CCCC2CCN(CCO)CC2)CC1. The first kappa shape index (κ1) is 26.0. The molecule has 3 saturated heterocycles. The molecule has 3 rings (SSSR count). The molecule has 0 aromatic carbocycles. The van der Waals surface area contributed by atoms with Crippen LogP contribution in [0.5, 0.6) is 0 Å². The highest BCUT2D eigenvalue weighted by Gasteiger charge is 2.21. The number of likely N-dealkylation sites (tertiary alicyclic amines) is 3. The Morgan fingerprint density at radius 1 is 0.667 bits per heavy atom. The molecule has 0 aromatic heterocycles. The normalized spacial score (nSPS) is 25.8. The zero-order chi connectivity index (χ0) is 21.6. The van der Waals surface area contributed by atoms with E-state index in [0.717, 1.165) is 31.5 Å². The van der Waals surface area contributed by atoms with Crippen LogP contribution < -0.4 is 0 Å². The molecular formula is C24H49N3O3. The summed E-state index contributed by atoms with van der Waals surface area (Å²) in [4.78, 5) is 7.07. The minimum Gasteiger partial charge on any atom is -0.396 e. The van der Waals surface area contributed by atoms with Crippen LogP contribution in [-0.2, 0) is 0 Å². The lowest BCUT2D eigenvalue weighted by molar-refractivity contribution is 0.134. The summed E-state index contributed by atoms with van der Waals surface area (Å²) in [5, 5.41) is 26.7. The summed E-state index contributed by atoms with van der Waals surface area (Å²) < 4.78 is 0. The number of rotatable bonds is 9. The van der Waals surface area contributed by atoms with Crippen molar-refractivity contribution in [1.29, 1.82) is 0 Å². The monoisotopic (exact) mass is 427 g/mol. The summed E-state index contributed by atoms with van der Waals surface area (Å²) in [5.74, 6) is 2.40. The van der Waals surface area contributed by atoms with Crippen molar-refractivity contribution in [2.24, 2.45) is 17.8 Å². The Hall–Kier alpha value is -0.240. The highest BCUT2D eigenvalue weighted by Crippen LogP contribution is 2.27. The minimum atomic E-state index is 0.305. The molecule has 6 heteroatoms. The summed E-state index contributed by atoms with van der Waals surface area (Å²) in [7, 11) is 2.11. The number of hydrogen-bond donors (Lipinski definition) is 3. The third kappa shape index (κ3) is 10.4. The van der Waals surface area contributed by atoms with E-state index in [2.05, 4.69) is 21.7 Å². The molecule has 0 amide bonds. The maximum absolute atomic E-state index is 8.96. The molecule has 30 heavy (non-hydrogen) atoms. The number of β-amino-alcohol motifs (C(OH)–C–C–N with tert-alkyl or cyclic N) is 2. The fraction of sp³-hybridized carbons (Fsp3) is 1.00. The number of piperidine rings is 3. The van der Waals surface area contributed by atoms with E-state index in [1.54, 1.807) is 0 Å². The lowest BCUT2D eigenvalue weighted by atomic mass is 9.87. The summed E-state index contributed by atoms with van der Waals surface area (Å²) in [6.45, 7) is 9.72. The zero-order valence-corrected chi connectivity index (χ0v) is 19.6. The van der Waals surface area contributed by atoms with Crippen LogP contribution >= 0.6 is 0 Å². The molecule has 6 nitrogen and oxygen atoms in total. The molecule has 0 aliphatic carbocycles. The minimum absolute atomic E-state index is 0.305. The summed E-state index contributed by atoms with van der Waals surface area (Å²) >= 11 is 0. The largest absolute Gasteiger partial charge is 0.396 e. The van der Waals surface area contributed by atoms with Crippen molar-refractivity contribution >= 4 is 0 Å². The first-order valence-electron chi connectivity index (χ1n) is 12.6. The van der Waals surface area contributed by atoms with E-state index < -0.39 is 0 Å². The maximum Gasteiger partial charge on any atom is 0.0558 e. The van der Waals surface area contributed by atoms with Gasteiger partial charge in [-0.25, -0.2) is 0 Å². The van der Waals surface area contributed by atoms with Crippen LogP contribution in [0.2, 0.25) is 0 Å². The van der Waals surface area contributed by atoms with Crippen molar-refractivity contribution in [2.75, 3.05) is 79.2 Å². The van der Waals surface area contributed by atoms with Gasteiger partial charge in [-0.05, 0) is 96.1 Å². The van der Waals surface area contributed by atoms with Gasteiger partial charge in [-0.2, -0.15) is 0 Å². The predicted molar refractivity (Wildman–Crippen MR) is 124 cm³/mol.